The molecule has 2 saturated heterocycles. The standard InChI is InChI=1S/C22H32N2O2/c1-5-17-11-13-23(15(17)3)21(25)19-7-9-20(10-8-19)22(26)24-14-12-18(6-2)16(24)4/h7-10,15-18H,5-6,11-14H2,1-4H3/t15-,16+,17-,18+. The van der Waals surface area contributed by atoms with Crippen LogP contribution in [0.1, 0.15) is 74.1 Å². The number of hydrogen-bond donors (Lipinski definition) is 0. The van der Waals surface area contributed by atoms with E-state index in [9.17, 15) is 9.59 Å². The molecular formula is C22H32N2O2. The van der Waals surface area contributed by atoms with Gasteiger partial charge in [-0.25, -0.2) is 0 Å². The van der Waals surface area contributed by atoms with Crippen LogP contribution in [-0.2, 0) is 0 Å². The molecule has 1 aromatic carbocycles. The maximum Gasteiger partial charge on any atom is 0.254 e. The number of nitrogens with zero attached hydrogens (tertiary/aromatic N) is 2. The van der Waals surface area contributed by atoms with Crippen LogP contribution in [0.3, 0.4) is 0 Å². The highest BCUT2D eigenvalue weighted by Crippen LogP contribution is 2.29. The summed E-state index contributed by atoms with van der Waals surface area (Å²) in [6.07, 6.45) is 4.41. The normalized spacial score (nSPS) is 28.6. The Bertz CT molecular complexity index is 598. The zero-order valence-corrected chi connectivity index (χ0v) is 16.6. The van der Waals surface area contributed by atoms with Crippen LogP contribution in [0.25, 0.3) is 0 Å². The summed E-state index contributed by atoms with van der Waals surface area (Å²) in [6, 6.07) is 7.87. The number of hydrogen-bond acceptors (Lipinski definition) is 2. The Morgan fingerprint density at radius 1 is 0.808 bits per heavy atom. The first-order valence-corrected chi connectivity index (χ1v) is 10.2. The van der Waals surface area contributed by atoms with Gasteiger partial charge in [-0.3, -0.25) is 9.59 Å². The summed E-state index contributed by atoms with van der Waals surface area (Å²) in [5.74, 6) is 1.38. The molecular weight excluding hydrogens is 324 g/mol. The van der Waals surface area contributed by atoms with Crippen LogP contribution in [0.15, 0.2) is 24.3 Å². The Morgan fingerprint density at radius 3 is 1.42 bits per heavy atom. The molecule has 0 N–H and O–H groups in total. The summed E-state index contributed by atoms with van der Waals surface area (Å²) in [7, 11) is 0. The van der Waals surface area contributed by atoms with Gasteiger partial charge in [0.05, 0.1) is 0 Å². The second-order valence-electron chi connectivity index (χ2n) is 7.97. The van der Waals surface area contributed by atoms with Crippen LogP contribution in [0, 0.1) is 11.8 Å². The molecule has 0 aliphatic carbocycles. The first-order chi connectivity index (χ1) is 12.5. The predicted octanol–water partition coefficient (Wildman–Crippen LogP) is 4.21. The van der Waals surface area contributed by atoms with E-state index in [1.165, 1.54) is 0 Å². The summed E-state index contributed by atoms with van der Waals surface area (Å²) in [5.41, 5.74) is 1.37. The molecule has 0 saturated carbocycles. The van der Waals surface area contributed by atoms with Gasteiger partial charge in [-0.15, -0.1) is 0 Å². The van der Waals surface area contributed by atoms with Crippen LogP contribution in [0.4, 0.5) is 0 Å². The van der Waals surface area contributed by atoms with Gasteiger partial charge in [0.25, 0.3) is 11.8 Å². The van der Waals surface area contributed by atoms with Crippen LogP contribution in [-0.4, -0.2) is 46.8 Å². The molecule has 0 spiro atoms. The SMILES string of the molecule is CC[C@@H]1CCN(C(=O)c2ccc(C(=O)N3CC[C@H](CC)[C@@H]3C)cc2)[C@@H]1C. The highest BCUT2D eigenvalue weighted by Gasteiger charge is 2.34. The second kappa shape index (κ2) is 7.81. The molecule has 2 fully saturated rings. The summed E-state index contributed by atoms with van der Waals surface area (Å²) >= 11 is 0. The van der Waals surface area contributed by atoms with Gasteiger partial charge in [0.15, 0.2) is 0 Å². The van der Waals surface area contributed by atoms with Gasteiger partial charge < -0.3 is 9.80 Å². The lowest BCUT2D eigenvalue weighted by atomic mass is 9.99. The minimum Gasteiger partial charge on any atom is -0.336 e. The van der Waals surface area contributed by atoms with Crippen molar-refractivity contribution < 1.29 is 9.59 Å². The van der Waals surface area contributed by atoms with E-state index in [-0.39, 0.29) is 11.8 Å². The third kappa shape index (κ3) is 3.38. The van der Waals surface area contributed by atoms with Gasteiger partial charge in [0.2, 0.25) is 0 Å². The Balaban J connectivity index is 1.69. The topological polar surface area (TPSA) is 40.6 Å². The molecule has 26 heavy (non-hydrogen) atoms. The highest BCUT2D eigenvalue weighted by molar-refractivity contribution is 5.98. The summed E-state index contributed by atoms with van der Waals surface area (Å²) in [6.45, 7) is 10.4. The number of amides is 2. The molecule has 0 aromatic heterocycles. The van der Waals surface area contributed by atoms with E-state index in [1.807, 2.05) is 34.1 Å². The molecule has 0 bridgehead atoms. The average molecular weight is 357 g/mol. The number of carbonyl (C=O) groups is 2. The van der Waals surface area contributed by atoms with Crippen molar-refractivity contribution in [2.24, 2.45) is 11.8 Å². The molecule has 2 aliphatic heterocycles. The smallest absolute Gasteiger partial charge is 0.254 e. The van der Waals surface area contributed by atoms with Crippen LogP contribution >= 0.6 is 0 Å². The minimum atomic E-state index is 0.0908. The number of rotatable bonds is 4. The molecule has 4 nitrogen and oxygen atoms in total. The average Bonchev–Trinajstić information content (AvgIpc) is 3.22. The van der Waals surface area contributed by atoms with Crippen molar-refractivity contribution in [3.05, 3.63) is 35.4 Å². The van der Waals surface area contributed by atoms with E-state index < -0.39 is 0 Å². The lowest BCUT2D eigenvalue weighted by Gasteiger charge is -2.25. The van der Waals surface area contributed by atoms with Gasteiger partial charge in [-0.05, 0) is 62.8 Å². The Hall–Kier alpha value is -1.84. The predicted molar refractivity (Wildman–Crippen MR) is 104 cm³/mol. The Morgan fingerprint density at radius 2 is 1.15 bits per heavy atom. The summed E-state index contributed by atoms with van der Waals surface area (Å²) in [4.78, 5) is 29.6. The van der Waals surface area contributed by atoms with Crippen molar-refractivity contribution >= 4 is 11.8 Å². The van der Waals surface area contributed by atoms with Crippen LogP contribution < -0.4 is 0 Å². The minimum absolute atomic E-state index is 0.0908. The molecule has 0 unspecified atom stereocenters. The molecule has 2 amide bonds. The number of likely N-dealkylation sites (tertiary alicyclic amines) is 2. The third-order valence-corrected chi connectivity index (χ3v) is 6.78. The zero-order chi connectivity index (χ0) is 18.8. The first kappa shape index (κ1) is 18.9. The molecule has 3 rings (SSSR count). The van der Waals surface area contributed by atoms with Gasteiger partial charge >= 0.3 is 0 Å². The van der Waals surface area contributed by atoms with E-state index >= 15 is 0 Å². The fourth-order valence-electron chi connectivity index (χ4n) is 4.76. The lowest BCUT2D eigenvalue weighted by Crippen LogP contribution is -2.36. The van der Waals surface area contributed by atoms with Gasteiger partial charge in [0, 0.05) is 36.3 Å². The largest absolute Gasteiger partial charge is 0.336 e. The maximum atomic E-state index is 12.8. The van der Waals surface area contributed by atoms with E-state index in [0.717, 1.165) is 38.8 Å². The number of benzene rings is 1. The molecule has 0 radical (unpaired) electrons. The zero-order valence-electron chi connectivity index (χ0n) is 16.6. The molecule has 4 heteroatoms. The van der Waals surface area contributed by atoms with E-state index in [4.69, 9.17) is 0 Å². The Kier molecular flexibility index (Phi) is 5.69. The molecule has 2 heterocycles. The summed E-state index contributed by atoms with van der Waals surface area (Å²) in [5, 5.41) is 0. The van der Waals surface area contributed by atoms with Crippen LogP contribution in [0.5, 0.6) is 0 Å². The van der Waals surface area contributed by atoms with Gasteiger partial charge in [-0.1, -0.05) is 26.7 Å². The van der Waals surface area contributed by atoms with E-state index in [1.54, 1.807) is 0 Å². The quantitative estimate of drug-likeness (QED) is 0.811. The summed E-state index contributed by atoms with van der Waals surface area (Å²) < 4.78 is 0. The van der Waals surface area contributed by atoms with Crippen molar-refractivity contribution in [1.29, 1.82) is 0 Å². The number of carbonyl (C=O) groups excluding carboxylic acids is 2. The van der Waals surface area contributed by atoms with E-state index in [2.05, 4.69) is 27.7 Å². The lowest BCUT2D eigenvalue weighted by molar-refractivity contribution is 0.0719. The third-order valence-electron chi connectivity index (χ3n) is 6.78. The fraction of sp³-hybridized carbons (Fsp3) is 0.636. The fourth-order valence-corrected chi connectivity index (χ4v) is 4.76. The van der Waals surface area contributed by atoms with Crippen molar-refractivity contribution in [1.82, 2.24) is 9.80 Å². The Labute approximate surface area is 157 Å². The maximum absolute atomic E-state index is 12.8. The molecule has 1 aromatic rings. The van der Waals surface area contributed by atoms with E-state index in [0.29, 0.717) is 35.0 Å². The second-order valence-corrected chi connectivity index (χ2v) is 7.97. The van der Waals surface area contributed by atoms with Crippen molar-refractivity contribution in [3.8, 4) is 0 Å². The monoisotopic (exact) mass is 356 g/mol. The van der Waals surface area contributed by atoms with Gasteiger partial charge in [-0.2, -0.15) is 0 Å². The first-order valence-electron chi connectivity index (χ1n) is 10.2. The van der Waals surface area contributed by atoms with Crippen molar-refractivity contribution in [2.75, 3.05) is 13.1 Å². The highest BCUT2D eigenvalue weighted by atomic mass is 16.2. The molecule has 4 atom stereocenters. The molecule has 142 valence electrons. The van der Waals surface area contributed by atoms with Crippen LogP contribution in [0.2, 0.25) is 0 Å². The van der Waals surface area contributed by atoms with Crippen molar-refractivity contribution in [2.45, 2.75) is 65.5 Å². The van der Waals surface area contributed by atoms with Crippen molar-refractivity contribution in [3.63, 3.8) is 0 Å². The van der Waals surface area contributed by atoms with Gasteiger partial charge in [0.1, 0.15) is 0 Å². The molecule has 2 aliphatic rings.